The molecule has 102 valence electrons. The third kappa shape index (κ3) is 3.85. The van der Waals surface area contributed by atoms with E-state index in [2.05, 4.69) is 65.5 Å². The topological polar surface area (TPSA) is 26.0 Å². The number of nitrogens with two attached hydrogens (primary N) is 1. The van der Waals surface area contributed by atoms with Crippen LogP contribution in [0.15, 0.2) is 45.1 Å². The quantitative estimate of drug-likeness (QED) is 0.727. The Bertz CT molecular complexity index is 521. The third-order valence-corrected chi connectivity index (χ3v) is 6.26. The summed E-state index contributed by atoms with van der Waals surface area (Å²) in [4.78, 5) is 2.67. The molecule has 0 fully saturated rings. The summed E-state index contributed by atoms with van der Waals surface area (Å²) in [5.74, 6) is 0. The lowest BCUT2D eigenvalue weighted by molar-refractivity contribution is 0.638. The summed E-state index contributed by atoms with van der Waals surface area (Å²) in [5.41, 5.74) is 7.68. The smallest absolute Gasteiger partial charge is 0.0591 e. The van der Waals surface area contributed by atoms with E-state index in [9.17, 15) is 0 Å². The van der Waals surface area contributed by atoms with Crippen LogP contribution >= 0.6 is 39.0 Å². The monoisotopic (exact) mass is 355 g/mol. The molecule has 0 spiro atoms. The maximum atomic E-state index is 6.33. The van der Waals surface area contributed by atoms with Crippen LogP contribution in [0.5, 0.6) is 0 Å². The Kier molecular flexibility index (Phi) is 5.51. The predicted octanol–water partition coefficient (Wildman–Crippen LogP) is 5.39. The van der Waals surface area contributed by atoms with Gasteiger partial charge in [0.15, 0.2) is 0 Å². The Morgan fingerprint density at radius 3 is 2.47 bits per heavy atom. The summed E-state index contributed by atoms with van der Waals surface area (Å²) >= 11 is 7.15. The highest BCUT2D eigenvalue weighted by atomic mass is 79.9. The van der Waals surface area contributed by atoms with Crippen molar-refractivity contribution in [2.75, 3.05) is 0 Å². The fourth-order valence-corrected chi connectivity index (χ4v) is 4.69. The summed E-state index contributed by atoms with van der Waals surface area (Å²) in [5, 5.41) is 2.49. The molecule has 1 aromatic heterocycles. The van der Waals surface area contributed by atoms with E-state index >= 15 is 0 Å². The number of halogens is 1. The lowest BCUT2D eigenvalue weighted by Crippen LogP contribution is -2.25. The molecule has 0 saturated heterocycles. The first-order valence-corrected chi connectivity index (χ1v) is 8.89. The normalized spacial score (nSPS) is 14.3. The van der Waals surface area contributed by atoms with Gasteiger partial charge in [0, 0.05) is 20.3 Å². The lowest BCUT2D eigenvalue weighted by atomic mass is 10.1. The van der Waals surface area contributed by atoms with Gasteiger partial charge in [-0.3, -0.25) is 0 Å². The number of benzene rings is 1. The van der Waals surface area contributed by atoms with Gasteiger partial charge in [-0.05, 0) is 54.6 Å². The number of hydrogen-bond donors (Lipinski definition) is 1. The Labute approximate surface area is 131 Å². The van der Waals surface area contributed by atoms with Crippen molar-refractivity contribution in [2.45, 2.75) is 36.5 Å². The zero-order chi connectivity index (χ0) is 13.8. The Balaban J connectivity index is 2.24. The number of thioether (sulfide) groups is 1. The van der Waals surface area contributed by atoms with Gasteiger partial charge in [0.2, 0.25) is 0 Å². The number of aryl methyl sites for hydroxylation is 1. The minimum Gasteiger partial charge on any atom is -0.326 e. The van der Waals surface area contributed by atoms with Gasteiger partial charge in [-0.1, -0.05) is 22.9 Å². The molecule has 0 radical (unpaired) electrons. The van der Waals surface area contributed by atoms with Gasteiger partial charge in [0.1, 0.15) is 0 Å². The average Bonchev–Trinajstić information content (AvgIpc) is 2.83. The van der Waals surface area contributed by atoms with Crippen LogP contribution in [0.1, 0.15) is 29.0 Å². The van der Waals surface area contributed by atoms with Crippen LogP contribution in [0.2, 0.25) is 0 Å². The molecule has 0 aliphatic rings. The summed E-state index contributed by atoms with van der Waals surface area (Å²) in [6.07, 6.45) is 0.992. The highest BCUT2D eigenvalue weighted by Gasteiger charge is 2.22. The molecule has 2 unspecified atom stereocenters. The van der Waals surface area contributed by atoms with Gasteiger partial charge < -0.3 is 5.73 Å². The minimum atomic E-state index is 0.186. The van der Waals surface area contributed by atoms with E-state index in [1.54, 1.807) is 0 Å². The molecule has 2 atom stereocenters. The fraction of sp³-hybridized carbons (Fsp3) is 0.333. The molecule has 19 heavy (non-hydrogen) atoms. The maximum Gasteiger partial charge on any atom is 0.0591 e. The van der Waals surface area contributed by atoms with Crippen molar-refractivity contribution in [2.24, 2.45) is 5.73 Å². The highest BCUT2D eigenvalue weighted by Crippen LogP contribution is 2.41. The van der Waals surface area contributed by atoms with Gasteiger partial charge in [-0.25, -0.2) is 0 Å². The molecule has 2 aromatic rings. The average molecular weight is 356 g/mol. The van der Waals surface area contributed by atoms with Crippen LogP contribution < -0.4 is 5.73 Å². The molecular weight excluding hydrogens is 338 g/mol. The van der Waals surface area contributed by atoms with Crippen molar-refractivity contribution in [1.29, 1.82) is 0 Å². The summed E-state index contributed by atoms with van der Waals surface area (Å²) in [6.45, 7) is 4.33. The molecule has 4 heteroatoms. The van der Waals surface area contributed by atoms with Gasteiger partial charge in [-0.15, -0.1) is 23.1 Å². The molecule has 0 saturated carbocycles. The zero-order valence-electron chi connectivity index (χ0n) is 11.1. The van der Waals surface area contributed by atoms with Gasteiger partial charge >= 0.3 is 0 Å². The van der Waals surface area contributed by atoms with E-state index in [1.165, 1.54) is 15.3 Å². The molecule has 2 N–H and O–H groups in total. The van der Waals surface area contributed by atoms with Gasteiger partial charge in [0.25, 0.3) is 0 Å². The molecule has 1 aromatic carbocycles. The van der Waals surface area contributed by atoms with Crippen molar-refractivity contribution in [1.82, 2.24) is 0 Å². The maximum absolute atomic E-state index is 6.33. The molecule has 1 heterocycles. The van der Waals surface area contributed by atoms with Gasteiger partial charge in [-0.2, -0.15) is 0 Å². The molecule has 0 aliphatic heterocycles. The standard InChI is InChI=1S/C15H18BrNS2/c1-3-13(17)15(14-10(2)8-9-18-14)19-12-6-4-11(16)5-7-12/h4-9,13,15H,3,17H2,1-2H3. The van der Waals surface area contributed by atoms with Crippen molar-refractivity contribution in [3.05, 3.63) is 50.6 Å². The summed E-state index contributed by atoms with van der Waals surface area (Å²) < 4.78 is 1.11. The molecule has 1 nitrogen and oxygen atoms in total. The molecule has 0 aliphatic carbocycles. The van der Waals surface area contributed by atoms with Crippen molar-refractivity contribution >= 4 is 39.0 Å². The third-order valence-electron chi connectivity index (χ3n) is 3.10. The summed E-state index contributed by atoms with van der Waals surface area (Å²) in [6, 6.07) is 10.8. The predicted molar refractivity (Wildman–Crippen MR) is 90.1 cm³/mol. The first-order chi connectivity index (χ1) is 9.11. The fourth-order valence-electron chi connectivity index (χ4n) is 1.89. The summed E-state index contributed by atoms with van der Waals surface area (Å²) in [7, 11) is 0. The molecular formula is C15H18BrNS2. The second-order valence-electron chi connectivity index (χ2n) is 4.53. The SMILES string of the molecule is CCC(N)C(Sc1ccc(Br)cc1)c1sccc1C. The van der Waals surface area contributed by atoms with E-state index < -0.39 is 0 Å². The van der Waals surface area contributed by atoms with Crippen LogP contribution in [0.3, 0.4) is 0 Å². The minimum absolute atomic E-state index is 0.186. The van der Waals surface area contributed by atoms with Gasteiger partial charge in [0.05, 0.1) is 5.25 Å². The molecule has 2 rings (SSSR count). The molecule has 0 amide bonds. The number of rotatable bonds is 5. The van der Waals surface area contributed by atoms with E-state index in [0.717, 1.165) is 10.9 Å². The zero-order valence-corrected chi connectivity index (χ0v) is 14.3. The van der Waals surface area contributed by atoms with Crippen molar-refractivity contribution in [3.8, 4) is 0 Å². The van der Waals surface area contributed by atoms with E-state index in [4.69, 9.17) is 5.73 Å². The Morgan fingerprint density at radius 2 is 1.95 bits per heavy atom. The first kappa shape index (κ1) is 15.1. The van der Waals surface area contributed by atoms with E-state index in [-0.39, 0.29) is 6.04 Å². The number of hydrogen-bond acceptors (Lipinski definition) is 3. The van der Waals surface area contributed by atoms with Crippen LogP contribution in [-0.4, -0.2) is 6.04 Å². The largest absolute Gasteiger partial charge is 0.326 e. The van der Waals surface area contributed by atoms with Crippen LogP contribution in [0.4, 0.5) is 0 Å². The van der Waals surface area contributed by atoms with Crippen LogP contribution in [0, 0.1) is 6.92 Å². The lowest BCUT2D eigenvalue weighted by Gasteiger charge is -2.22. The van der Waals surface area contributed by atoms with Crippen molar-refractivity contribution < 1.29 is 0 Å². The van der Waals surface area contributed by atoms with Crippen LogP contribution in [-0.2, 0) is 0 Å². The number of thiophene rings is 1. The van der Waals surface area contributed by atoms with E-state index in [0.29, 0.717) is 5.25 Å². The second-order valence-corrected chi connectivity index (χ2v) is 7.61. The van der Waals surface area contributed by atoms with Crippen LogP contribution in [0.25, 0.3) is 0 Å². The Hall–Kier alpha value is -0.290. The van der Waals surface area contributed by atoms with E-state index in [1.807, 2.05) is 23.1 Å². The highest BCUT2D eigenvalue weighted by molar-refractivity contribution is 9.10. The first-order valence-electron chi connectivity index (χ1n) is 6.33. The van der Waals surface area contributed by atoms with Crippen molar-refractivity contribution in [3.63, 3.8) is 0 Å². The Morgan fingerprint density at radius 1 is 1.26 bits per heavy atom. The molecule has 0 bridgehead atoms. The second kappa shape index (κ2) is 6.93.